The van der Waals surface area contributed by atoms with Gasteiger partial charge in [0.05, 0.1) is 0 Å². The molecule has 15 heavy (non-hydrogen) atoms. The molecule has 0 heterocycles. The van der Waals surface area contributed by atoms with E-state index in [0.29, 0.717) is 0 Å². The lowest BCUT2D eigenvalue weighted by Gasteiger charge is -2.25. The number of hydrogen-bond acceptors (Lipinski definition) is 1. The van der Waals surface area contributed by atoms with E-state index in [4.69, 9.17) is 0 Å². The highest BCUT2D eigenvalue weighted by atomic mass is 79.9. The summed E-state index contributed by atoms with van der Waals surface area (Å²) < 4.78 is 0.992. The molecular weight excluding hydrogens is 254 g/mol. The summed E-state index contributed by atoms with van der Waals surface area (Å²) in [6.07, 6.45) is 0. The number of carbonyl (C=O) groups is 1. The summed E-state index contributed by atoms with van der Waals surface area (Å²) in [6, 6.07) is 7.71. The number of benzene rings is 1. The Balaban J connectivity index is 2.88. The number of rotatable bonds is 3. The third-order valence-corrected chi connectivity index (χ3v) is 2.84. The van der Waals surface area contributed by atoms with Gasteiger partial charge in [0.15, 0.2) is 0 Å². The zero-order valence-corrected chi connectivity index (χ0v) is 10.9. The average molecular weight is 270 g/mol. The third-order valence-electron chi connectivity index (χ3n) is 2.32. The van der Waals surface area contributed by atoms with Gasteiger partial charge in [-0.05, 0) is 45.0 Å². The van der Waals surface area contributed by atoms with Gasteiger partial charge in [0.1, 0.15) is 0 Å². The van der Waals surface area contributed by atoms with Crippen molar-refractivity contribution in [2.45, 2.75) is 26.8 Å². The third kappa shape index (κ3) is 3.06. The monoisotopic (exact) mass is 269 g/mol. The van der Waals surface area contributed by atoms with E-state index in [0.717, 1.165) is 16.6 Å². The van der Waals surface area contributed by atoms with Crippen molar-refractivity contribution in [3.8, 4) is 0 Å². The number of carbonyl (C=O) groups excluding carboxylic acids is 1. The molecule has 1 aromatic carbocycles. The predicted molar refractivity (Wildman–Crippen MR) is 66.0 cm³/mol. The molecule has 3 heteroatoms. The van der Waals surface area contributed by atoms with Crippen LogP contribution in [0, 0.1) is 0 Å². The van der Waals surface area contributed by atoms with Gasteiger partial charge in [-0.15, -0.1) is 0 Å². The zero-order valence-electron chi connectivity index (χ0n) is 9.33. The highest BCUT2D eigenvalue weighted by Crippen LogP contribution is 2.13. The number of nitrogens with zero attached hydrogens (tertiary/aromatic N) is 1. The van der Waals surface area contributed by atoms with Crippen LogP contribution in [0.4, 0.5) is 0 Å². The quantitative estimate of drug-likeness (QED) is 0.825. The Labute approximate surface area is 99.4 Å². The molecule has 1 aromatic rings. The highest BCUT2D eigenvalue weighted by Gasteiger charge is 2.16. The van der Waals surface area contributed by atoms with E-state index in [1.165, 1.54) is 0 Å². The van der Waals surface area contributed by atoms with Crippen molar-refractivity contribution in [2.24, 2.45) is 0 Å². The maximum absolute atomic E-state index is 12.0. The highest BCUT2D eigenvalue weighted by molar-refractivity contribution is 9.10. The predicted octanol–water partition coefficient (Wildman–Crippen LogP) is 3.32. The van der Waals surface area contributed by atoms with Crippen molar-refractivity contribution in [2.75, 3.05) is 6.54 Å². The SMILES string of the molecule is CCN(C(=O)c1ccc(Br)cc1)C(C)C. The first-order chi connectivity index (χ1) is 7.06. The molecule has 0 aliphatic heterocycles. The van der Waals surface area contributed by atoms with Gasteiger partial charge in [0.25, 0.3) is 5.91 Å². The molecule has 0 aromatic heterocycles. The second-order valence-electron chi connectivity index (χ2n) is 3.69. The Kier molecular flexibility index (Phi) is 4.33. The van der Waals surface area contributed by atoms with E-state index in [-0.39, 0.29) is 11.9 Å². The smallest absolute Gasteiger partial charge is 0.254 e. The fourth-order valence-electron chi connectivity index (χ4n) is 1.50. The molecule has 0 atom stereocenters. The molecule has 0 saturated carbocycles. The summed E-state index contributed by atoms with van der Waals surface area (Å²) in [7, 11) is 0. The van der Waals surface area contributed by atoms with Gasteiger partial charge in [0, 0.05) is 22.6 Å². The lowest BCUT2D eigenvalue weighted by atomic mass is 10.2. The lowest BCUT2D eigenvalue weighted by molar-refractivity contribution is 0.0717. The van der Waals surface area contributed by atoms with E-state index in [1.54, 1.807) is 0 Å². The standard InChI is InChI=1S/C12H16BrNO/c1-4-14(9(2)3)12(15)10-5-7-11(13)8-6-10/h5-9H,4H2,1-3H3. The molecule has 1 rings (SSSR count). The normalized spacial score (nSPS) is 10.5. The van der Waals surface area contributed by atoms with Crippen LogP contribution in [0.5, 0.6) is 0 Å². The molecule has 0 unspecified atom stereocenters. The molecule has 1 amide bonds. The van der Waals surface area contributed by atoms with Crippen LogP contribution in [0.2, 0.25) is 0 Å². The van der Waals surface area contributed by atoms with Crippen molar-refractivity contribution in [3.05, 3.63) is 34.3 Å². The first kappa shape index (κ1) is 12.2. The maximum atomic E-state index is 12.0. The van der Waals surface area contributed by atoms with Gasteiger partial charge < -0.3 is 4.90 Å². The molecule has 0 bridgehead atoms. The minimum absolute atomic E-state index is 0.0972. The van der Waals surface area contributed by atoms with E-state index in [1.807, 2.05) is 49.9 Å². The Bertz CT molecular complexity index is 332. The van der Waals surface area contributed by atoms with Crippen molar-refractivity contribution in [3.63, 3.8) is 0 Å². The second kappa shape index (κ2) is 5.31. The van der Waals surface area contributed by atoms with Gasteiger partial charge in [-0.25, -0.2) is 0 Å². The Morgan fingerprint density at radius 2 is 1.87 bits per heavy atom. The molecule has 2 nitrogen and oxygen atoms in total. The topological polar surface area (TPSA) is 20.3 Å². The van der Waals surface area contributed by atoms with Gasteiger partial charge in [0.2, 0.25) is 0 Å². The van der Waals surface area contributed by atoms with Crippen LogP contribution >= 0.6 is 15.9 Å². The molecule has 0 saturated heterocycles. The van der Waals surface area contributed by atoms with E-state index < -0.39 is 0 Å². The number of amides is 1. The van der Waals surface area contributed by atoms with Gasteiger partial charge in [-0.3, -0.25) is 4.79 Å². The van der Waals surface area contributed by atoms with Crippen LogP contribution in [-0.2, 0) is 0 Å². The van der Waals surface area contributed by atoms with E-state index in [9.17, 15) is 4.79 Å². The number of hydrogen-bond donors (Lipinski definition) is 0. The summed E-state index contributed by atoms with van der Waals surface area (Å²) in [5.41, 5.74) is 0.744. The van der Waals surface area contributed by atoms with Crippen LogP contribution in [0.3, 0.4) is 0 Å². The molecule has 0 aliphatic rings. The molecule has 0 aliphatic carbocycles. The molecule has 0 radical (unpaired) electrons. The Hall–Kier alpha value is -0.830. The van der Waals surface area contributed by atoms with Crippen molar-refractivity contribution in [1.82, 2.24) is 4.90 Å². The minimum atomic E-state index is 0.0972. The number of halogens is 1. The Morgan fingerprint density at radius 3 is 2.27 bits per heavy atom. The summed E-state index contributed by atoms with van der Waals surface area (Å²) >= 11 is 3.35. The summed E-state index contributed by atoms with van der Waals surface area (Å²) in [4.78, 5) is 13.9. The van der Waals surface area contributed by atoms with Crippen LogP contribution in [-0.4, -0.2) is 23.4 Å². The summed E-state index contributed by atoms with van der Waals surface area (Å²) in [5, 5.41) is 0. The van der Waals surface area contributed by atoms with Crippen LogP contribution in [0.1, 0.15) is 31.1 Å². The van der Waals surface area contributed by atoms with Crippen molar-refractivity contribution < 1.29 is 4.79 Å². The lowest BCUT2D eigenvalue weighted by Crippen LogP contribution is -2.36. The second-order valence-corrected chi connectivity index (χ2v) is 4.61. The first-order valence-electron chi connectivity index (χ1n) is 5.12. The first-order valence-corrected chi connectivity index (χ1v) is 5.92. The van der Waals surface area contributed by atoms with E-state index >= 15 is 0 Å². The van der Waals surface area contributed by atoms with Gasteiger partial charge in [-0.2, -0.15) is 0 Å². The fourth-order valence-corrected chi connectivity index (χ4v) is 1.77. The molecule has 0 N–H and O–H groups in total. The minimum Gasteiger partial charge on any atom is -0.337 e. The van der Waals surface area contributed by atoms with Gasteiger partial charge in [-0.1, -0.05) is 15.9 Å². The molecule has 0 fully saturated rings. The molecule has 0 spiro atoms. The fraction of sp³-hybridized carbons (Fsp3) is 0.417. The maximum Gasteiger partial charge on any atom is 0.254 e. The van der Waals surface area contributed by atoms with Crippen LogP contribution in [0.25, 0.3) is 0 Å². The Morgan fingerprint density at radius 1 is 1.33 bits per heavy atom. The van der Waals surface area contributed by atoms with E-state index in [2.05, 4.69) is 15.9 Å². The van der Waals surface area contributed by atoms with Crippen LogP contribution in [0.15, 0.2) is 28.7 Å². The summed E-state index contributed by atoms with van der Waals surface area (Å²) in [6.45, 7) is 6.80. The largest absolute Gasteiger partial charge is 0.337 e. The molecular formula is C12H16BrNO. The zero-order chi connectivity index (χ0) is 11.4. The summed E-state index contributed by atoms with van der Waals surface area (Å²) in [5.74, 6) is 0.0972. The van der Waals surface area contributed by atoms with Crippen LogP contribution < -0.4 is 0 Å². The van der Waals surface area contributed by atoms with Crippen molar-refractivity contribution in [1.29, 1.82) is 0 Å². The van der Waals surface area contributed by atoms with Crippen molar-refractivity contribution >= 4 is 21.8 Å². The molecule has 82 valence electrons. The average Bonchev–Trinajstić information content (AvgIpc) is 2.19. The van der Waals surface area contributed by atoms with Gasteiger partial charge >= 0.3 is 0 Å².